The molecule has 1 aromatic carbocycles. The fourth-order valence-corrected chi connectivity index (χ4v) is 1.69. The van der Waals surface area contributed by atoms with E-state index >= 15 is 0 Å². The van der Waals surface area contributed by atoms with Crippen LogP contribution >= 0.6 is 0 Å². The van der Waals surface area contributed by atoms with Gasteiger partial charge in [0.05, 0.1) is 0 Å². The third-order valence-corrected chi connectivity index (χ3v) is 2.44. The Hall–Kier alpha value is -1.35. The lowest BCUT2D eigenvalue weighted by Crippen LogP contribution is -2.32. The first-order chi connectivity index (χ1) is 7.50. The van der Waals surface area contributed by atoms with E-state index in [1.54, 1.807) is 0 Å². The monoisotopic (exact) mass is 220 g/mol. The molecule has 1 rings (SSSR count). The molecule has 0 saturated heterocycles. The Balaban J connectivity index is 2.62. The highest BCUT2D eigenvalue weighted by molar-refractivity contribution is 5.77. The molecular formula is C13H20N2O. The van der Waals surface area contributed by atoms with E-state index in [0.29, 0.717) is 6.42 Å². The second kappa shape index (κ2) is 5.66. The molecule has 88 valence electrons. The lowest BCUT2D eigenvalue weighted by atomic mass is 9.99. The van der Waals surface area contributed by atoms with Crippen molar-refractivity contribution in [1.29, 1.82) is 0 Å². The maximum absolute atomic E-state index is 11.6. The summed E-state index contributed by atoms with van der Waals surface area (Å²) in [5.41, 5.74) is 8.19. The second-order valence-electron chi connectivity index (χ2n) is 4.39. The number of carbonyl (C=O) groups excluding carboxylic acids is 1. The fraction of sp³-hybridized carbons (Fsp3) is 0.462. The van der Waals surface area contributed by atoms with Gasteiger partial charge in [0, 0.05) is 18.5 Å². The zero-order valence-electron chi connectivity index (χ0n) is 10.2. The van der Waals surface area contributed by atoms with Gasteiger partial charge in [0.2, 0.25) is 5.91 Å². The van der Waals surface area contributed by atoms with Crippen molar-refractivity contribution in [3.05, 3.63) is 35.4 Å². The number of hydrogen-bond donors (Lipinski definition) is 2. The molecule has 0 aliphatic heterocycles. The smallest absolute Gasteiger partial charge is 0.222 e. The molecule has 0 saturated carbocycles. The Morgan fingerprint density at radius 2 is 2.00 bits per heavy atom. The minimum absolute atomic E-state index is 0.00533. The molecule has 3 heteroatoms. The molecule has 0 spiro atoms. The number of aryl methyl sites for hydroxylation is 1. The number of rotatable bonds is 4. The average molecular weight is 220 g/mol. The van der Waals surface area contributed by atoms with Crippen LogP contribution in [0.3, 0.4) is 0 Å². The SMILES string of the molecule is Cc1ccccc1C(N)CC(=O)NC(C)C. The first-order valence-corrected chi connectivity index (χ1v) is 5.61. The second-order valence-corrected chi connectivity index (χ2v) is 4.39. The summed E-state index contributed by atoms with van der Waals surface area (Å²) in [7, 11) is 0. The van der Waals surface area contributed by atoms with Crippen molar-refractivity contribution in [3.63, 3.8) is 0 Å². The molecule has 16 heavy (non-hydrogen) atoms. The highest BCUT2D eigenvalue weighted by Gasteiger charge is 2.13. The lowest BCUT2D eigenvalue weighted by Gasteiger charge is -2.15. The molecule has 3 nitrogen and oxygen atoms in total. The summed E-state index contributed by atoms with van der Waals surface area (Å²) >= 11 is 0. The summed E-state index contributed by atoms with van der Waals surface area (Å²) in [6.07, 6.45) is 0.336. The van der Waals surface area contributed by atoms with Crippen LogP contribution in [0, 0.1) is 6.92 Å². The average Bonchev–Trinajstić information content (AvgIpc) is 2.16. The van der Waals surface area contributed by atoms with Gasteiger partial charge in [-0.05, 0) is 31.9 Å². The fourth-order valence-electron chi connectivity index (χ4n) is 1.69. The molecule has 0 aliphatic rings. The van der Waals surface area contributed by atoms with E-state index in [1.807, 2.05) is 45.0 Å². The third kappa shape index (κ3) is 3.66. The van der Waals surface area contributed by atoms with Crippen LogP contribution in [-0.2, 0) is 4.79 Å². The number of nitrogens with one attached hydrogen (secondary N) is 1. The molecule has 0 aromatic heterocycles. The molecule has 1 amide bonds. The zero-order valence-corrected chi connectivity index (χ0v) is 10.2. The number of carbonyl (C=O) groups is 1. The third-order valence-electron chi connectivity index (χ3n) is 2.44. The van der Waals surface area contributed by atoms with Gasteiger partial charge in [0.25, 0.3) is 0 Å². The van der Waals surface area contributed by atoms with Crippen LogP contribution in [0.2, 0.25) is 0 Å². The van der Waals surface area contributed by atoms with Crippen molar-refractivity contribution in [2.45, 2.75) is 39.3 Å². The van der Waals surface area contributed by atoms with E-state index in [0.717, 1.165) is 11.1 Å². The van der Waals surface area contributed by atoms with Crippen LogP contribution in [0.1, 0.15) is 37.4 Å². The highest BCUT2D eigenvalue weighted by atomic mass is 16.1. The van der Waals surface area contributed by atoms with Gasteiger partial charge in [0.1, 0.15) is 0 Å². The van der Waals surface area contributed by atoms with Crippen molar-refractivity contribution < 1.29 is 4.79 Å². The van der Waals surface area contributed by atoms with Gasteiger partial charge >= 0.3 is 0 Å². The molecule has 1 atom stereocenters. The van der Waals surface area contributed by atoms with Crippen LogP contribution in [0.5, 0.6) is 0 Å². The van der Waals surface area contributed by atoms with Crippen molar-refractivity contribution in [2.75, 3.05) is 0 Å². The summed E-state index contributed by atoms with van der Waals surface area (Å²) in [4.78, 5) is 11.6. The minimum atomic E-state index is -0.222. The van der Waals surface area contributed by atoms with Crippen molar-refractivity contribution in [3.8, 4) is 0 Å². The van der Waals surface area contributed by atoms with E-state index < -0.39 is 0 Å². The Bertz CT molecular complexity index is 361. The molecule has 0 heterocycles. The molecule has 1 aromatic rings. The van der Waals surface area contributed by atoms with E-state index in [-0.39, 0.29) is 18.0 Å². The van der Waals surface area contributed by atoms with Crippen molar-refractivity contribution in [1.82, 2.24) is 5.32 Å². The van der Waals surface area contributed by atoms with Crippen molar-refractivity contribution >= 4 is 5.91 Å². The Labute approximate surface area is 97.0 Å². The van der Waals surface area contributed by atoms with Gasteiger partial charge in [-0.25, -0.2) is 0 Å². The molecule has 0 radical (unpaired) electrons. The summed E-state index contributed by atoms with van der Waals surface area (Å²) in [6, 6.07) is 7.84. The van der Waals surface area contributed by atoms with Gasteiger partial charge in [-0.15, -0.1) is 0 Å². The summed E-state index contributed by atoms with van der Waals surface area (Å²) in [6.45, 7) is 5.89. The van der Waals surface area contributed by atoms with E-state index in [4.69, 9.17) is 5.73 Å². The number of hydrogen-bond acceptors (Lipinski definition) is 2. The topological polar surface area (TPSA) is 55.1 Å². The van der Waals surface area contributed by atoms with E-state index in [9.17, 15) is 4.79 Å². The van der Waals surface area contributed by atoms with E-state index in [2.05, 4.69) is 5.32 Å². The maximum atomic E-state index is 11.6. The van der Waals surface area contributed by atoms with Gasteiger partial charge in [0.15, 0.2) is 0 Å². The van der Waals surface area contributed by atoms with Gasteiger partial charge in [-0.3, -0.25) is 4.79 Å². The largest absolute Gasteiger partial charge is 0.354 e. The Kier molecular flexibility index (Phi) is 4.50. The van der Waals surface area contributed by atoms with Crippen LogP contribution < -0.4 is 11.1 Å². The first-order valence-electron chi connectivity index (χ1n) is 5.61. The van der Waals surface area contributed by atoms with Crippen LogP contribution in [0.25, 0.3) is 0 Å². The van der Waals surface area contributed by atoms with Gasteiger partial charge in [-0.1, -0.05) is 24.3 Å². The van der Waals surface area contributed by atoms with Gasteiger partial charge < -0.3 is 11.1 Å². The zero-order chi connectivity index (χ0) is 12.1. The summed E-state index contributed by atoms with van der Waals surface area (Å²) in [5.74, 6) is 0.00533. The maximum Gasteiger partial charge on any atom is 0.222 e. The predicted octanol–water partition coefficient (Wildman–Crippen LogP) is 1.91. The molecule has 3 N–H and O–H groups in total. The molecule has 0 aliphatic carbocycles. The number of nitrogens with two attached hydrogens (primary N) is 1. The van der Waals surface area contributed by atoms with Crippen LogP contribution in [-0.4, -0.2) is 11.9 Å². The summed E-state index contributed by atoms with van der Waals surface area (Å²) < 4.78 is 0. The Morgan fingerprint density at radius 1 is 1.38 bits per heavy atom. The van der Waals surface area contributed by atoms with Crippen molar-refractivity contribution in [2.24, 2.45) is 5.73 Å². The molecule has 0 fully saturated rings. The van der Waals surface area contributed by atoms with Gasteiger partial charge in [-0.2, -0.15) is 0 Å². The minimum Gasteiger partial charge on any atom is -0.354 e. The standard InChI is InChI=1S/C13H20N2O/c1-9(2)15-13(16)8-12(14)11-7-5-4-6-10(11)3/h4-7,9,12H,8,14H2,1-3H3,(H,15,16). The molecule has 1 unspecified atom stereocenters. The van der Waals surface area contributed by atoms with Crippen LogP contribution in [0.4, 0.5) is 0 Å². The summed E-state index contributed by atoms with van der Waals surface area (Å²) in [5, 5.41) is 2.84. The predicted molar refractivity (Wildman–Crippen MR) is 66.0 cm³/mol. The number of benzene rings is 1. The first kappa shape index (κ1) is 12.7. The highest BCUT2D eigenvalue weighted by Crippen LogP contribution is 2.17. The number of amides is 1. The Morgan fingerprint density at radius 3 is 2.56 bits per heavy atom. The molecular weight excluding hydrogens is 200 g/mol. The van der Waals surface area contributed by atoms with Crippen LogP contribution in [0.15, 0.2) is 24.3 Å². The van der Waals surface area contributed by atoms with E-state index in [1.165, 1.54) is 0 Å². The normalized spacial score (nSPS) is 12.6. The quantitative estimate of drug-likeness (QED) is 0.814. The lowest BCUT2D eigenvalue weighted by molar-refractivity contribution is -0.121. The molecule has 0 bridgehead atoms.